The Morgan fingerprint density at radius 2 is 0.511 bits per heavy atom. The van der Waals surface area contributed by atoms with Gasteiger partial charge < -0.3 is 0 Å². The van der Waals surface area contributed by atoms with Crippen molar-refractivity contribution in [3.05, 3.63) is 168 Å². The Bertz CT molecular complexity index is 2150. The van der Waals surface area contributed by atoms with Crippen LogP contribution in [0.25, 0.3) is 65.3 Å². The average Bonchev–Trinajstić information content (AvgIpc) is 3.32. The Kier molecular flexibility index (Phi) is 5.46. The maximum atomic E-state index is 2.48. The second-order valence-electron chi connectivity index (χ2n) is 13.3. The van der Waals surface area contributed by atoms with E-state index in [9.17, 15) is 0 Å². The fourth-order valence-electron chi connectivity index (χ4n) is 8.76. The highest BCUT2D eigenvalue weighted by molar-refractivity contribution is 7.73. The smallest absolute Gasteiger partial charge is 0.0616 e. The Hall–Kier alpha value is -4.77. The Balaban J connectivity index is 1.30. The van der Waals surface area contributed by atoms with Crippen LogP contribution < -0.4 is 0 Å². The van der Waals surface area contributed by atoms with E-state index >= 15 is 0 Å². The van der Waals surface area contributed by atoms with E-state index in [0.29, 0.717) is 0 Å². The molecule has 0 aromatic heterocycles. The van der Waals surface area contributed by atoms with Crippen LogP contribution in [0.4, 0.5) is 0 Å². The Morgan fingerprint density at radius 3 is 0.778 bits per heavy atom. The van der Waals surface area contributed by atoms with Gasteiger partial charge in [0.1, 0.15) is 0 Å². The first kappa shape index (κ1) is 25.5. The topological polar surface area (TPSA) is 0 Å². The van der Waals surface area contributed by atoms with Gasteiger partial charge in [-0.05, 0) is 87.6 Å². The molecule has 2 aliphatic heterocycles. The summed E-state index contributed by atoms with van der Waals surface area (Å²) in [6, 6.07) is 55.5. The maximum Gasteiger partial charge on any atom is 0.0859 e. The van der Waals surface area contributed by atoms with Crippen molar-refractivity contribution in [3.8, 4) is 22.3 Å². The molecule has 0 unspecified atom stereocenters. The van der Waals surface area contributed by atoms with Crippen molar-refractivity contribution in [1.82, 2.24) is 0 Å². The van der Waals surface area contributed by atoms with Crippen LogP contribution in [0.2, 0.25) is 0 Å². The van der Waals surface area contributed by atoms with Crippen LogP contribution in [0.15, 0.2) is 146 Å². The van der Waals surface area contributed by atoms with Crippen LogP contribution >= 0.6 is 7.26 Å². The molecule has 8 aromatic rings. The molecule has 10 rings (SSSR count). The first-order chi connectivity index (χ1) is 22.2. The zero-order valence-corrected chi connectivity index (χ0v) is 26.0. The normalized spacial score (nSPS) is 14.9. The molecule has 1 spiro atoms. The van der Waals surface area contributed by atoms with Crippen LogP contribution in [0.1, 0.15) is 22.3 Å². The van der Waals surface area contributed by atoms with Gasteiger partial charge in [0.25, 0.3) is 0 Å². The van der Waals surface area contributed by atoms with Crippen LogP contribution in [0, 0.1) is 0 Å². The van der Waals surface area contributed by atoms with Crippen LogP contribution in [-0.2, 0) is 24.6 Å². The number of rotatable bonds is 0. The van der Waals surface area contributed by atoms with Gasteiger partial charge in [0.05, 0.1) is 24.6 Å². The molecule has 0 fully saturated rings. The van der Waals surface area contributed by atoms with Gasteiger partial charge in [0.15, 0.2) is 0 Å². The molecule has 0 saturated heterocycles. The summed E-state index contributed by atoms with van der Waals surface area (Å²) in [7, 11) is -1.61. The molecule has 0 aliphatic carbocycles. The van der Waals surface area contributed by atoms with Gasteiger partial charge >= 0.3 is 0 Å². The summed E-state index contributed by atoms with van der Waals surface area (Å²) >= 11 is 0. The van der Waals surface area contributed by atoms with Gasteiger partial charge in [-0.15, -0.1) is 0 Å². The summed E-state index contributed by atoms with van der Waals surface area (Å²) in [5.41, 5.74) is 12.0. The van der Waals surface area contributed by atoms with Crippen molar-refractivity contribution in [2.75, 3.05) is 0 Å². The van der Waals surface area contributed by atoms with Crippen molar-refractivity contribution >= 4 is 50.4 Å². The summed E-state index contributed by atoms with van der Waals surface area (Å²) in [4.78, 5) is 0. The fraction of sp³-hybridized carbons (Fsp3) is 0.0909. The third kappa shape index (κ3) is 3.83. The first-order valence-corrected chi connectivity index (χ1v) is 18.7. The second kappa shape index (κ2) is 9.61. The number of hydrogen-bond donors (Lipinski definition) is 0. The van der Waals surface area contributed by atoms with Crippen LogP contribution in [0.3, 0.4) is 0 Å². The molecule has 0 atom stereocenters. The summed E-state index contributed by atoms with van der Waals surface area (Å²) in [5.74, 6) is 0. The molecule has 1 heteroatoms. The third-order valence-electron chi connectivity index (χ3n) is 10.6. The molecule has 0 amide bonds. The van der Waals surface area contributed by atoms with Crippen LogP contribution in [-0.4, -0.2) is 0 Å². The lowest BCUT2D eigenvalue weighted by atomic mass is 9.88. The van der Waals surface area contributed by atoms with Crippen LogP contribution in [0.5, 0.6) is 0 Å². The minimum atomic E-state index is -1.61. The molecule has 45 heavy (non-hydrogen) atoms. The predicted octanol–water partition coefficient (Wildman–Crippen LogP) is 12.4. The zero-order chi connectivity index (χ0) is 29.5. The van der Waals surface area contributed by atoms with Crippen molar-refractivity contribution < 1.29 is 0 Å². The molecule has 212 valence electrons. The maximum absolute atomic E-state index is 2.48. The van der Waals surface area contributed by atoms with Gasteiger partial charge in [-0.3, -0.25) is 0 Å². The SMILES string of the molecule is c1ccc2c3c(ccc2c1)C[P+]1(Cc2ccc4ccccc4c2-3)Cc2ccc3ccccc3c2-c2c(ccc3ccccc23)C1. The van der Waals surface area contributed by atoms with Crippen molar-refractivity contribution in [1.29, 1.82) is 0 Å². The molecular formula is C44H32P+. The second-order valence-corrected chi connectivity index (χ2v) is 17.2. The molecule has 0 bridgehead atoms. The summed E-state index contributed by atoms with van der Waals surface area (Å²) in [5, 5.41) is 10.9. The molecule has 0 nitrogen and oxygen atoms in total. The Labute approximate surface area is 264 Å². The fourth-order valence-corrected chi connectivity index (χ4v) is 13.4. The Morgan fingerprint density at radius 1 is 0.267 bits per heavy atom. The summed E-state index contributed by atoms with van der Waals surface area (Å²) in [6.07, 6.45) is 4.65. The van der Waals surface area contributed by atoms with Gasteiger partial charge in [0.2, 0.25) is 0 Å². The van der Waals surface area contributed by atoms with Crippen molar-refractivity contribution in [3.63, 3.8) is 0 Å². The molecule has 2 aliphatic rings. The lowest BCUT2D eigenvalue weighted by Crippen LogP contribution is -2.05. The lowest BCUT2D eigenvalue weighted by Gasteiger charge is -2.26. The highest BCUT2D eigenvalue weighted by Crippen LogP contribution is 2.73. The summed E-state index contributed by atoms with van der Waals surface area (Å²) < 4.78 is 0. The van der Waals surface area contributed by atoms with E-state index in [1.165, 1.54) is 87.6 Å². The van der Waals surface area contributed by atoms with Crippen molar-refractivity contribution in [2.45, 2.75) is 24.6 Å². The lowest BCUT2D eigenvalue weighted by molar-refractivity contribution is 1.21. The highest BCUT2D eigenvalue weighted by atomic mass is 31.2. The first-order valence-electron chi connectivity index (χ1n) is 16.1. The van der Waals surface area contributed by atoms with E-state index in [2.05, 4.69) is 146 Å². The van der Waals surface area contributed by atoms with Gasteiger partial charge in [0, 0.05) is 7.26 Å². The number of benzene rings is 8. The standard InChI is InChI=1S/C44H32P/c1-5-13-37-29(9-1)17-21-33-25-45(26-34-22-18-30-10-2-6-14-38(30)42(34)41(33)37)27-35-23-19-31-11-3-7-15-39(31)43(35)44-36(28-45)24-20-32-12-4-8-16-40(32)44/h1-24H,25-28H2/q+1. The number of fused-ring (bicyclic) bond motifs is 14. The highest BCUT2D eigenvalue weighted by Gasteiger charge is 2.45. The molecule has 2 heterocycles. The molecule has 0 saturated carbocycles. The molecule has 0 N–H and O–H groups in total. The van der Waals surface area contributed by atoms with Gasteiger partial charge in [-0.25, -0.2) is 0 Å². The minimum Gasteiger partial charge on any atom is -0.0616 e. The molecule has 0 radical (unpaired) electrons. The summed E-state index contributed by atoms with van der Waals surface area (Å²) in [6.45, 7) is 0. The monoisotopic (exact) mass is 591 g/mol. The predicted molar refractivity (Wildman–Crippen MR) is 196 cm³/mol. The average molecular weight is 592 g/mol. The minimum absolute atomic E-state index is 1.16. The van der Waals surface area contributed by atoms with Gasteiger partial charge in [-0.2, -0.15) is 0 Å². The molecule has 8 aromatic carbocycles. The van der Waals surface area contributed by atoms with Gasteiger partial charge in [-0.1, -0.05) is 146 Å². The van der Waals surface area contributed by atoms with E-state index < -0.39 is 7.26 Å². The quantitative estimate of drug-likeness (QED) is 0.154. The van der Waals surface area contributed by atoms with E-state index in [4.69, 9.17) is 0 Å². The number of hydrogen-bond acceptors (Lipinski definition) is 0. The third-order valence-corrected chi connectivity index (χ3v) is 14.6. The van der Waals surface area contributed by atoms with E-state index in [1.54, 1.807) is 0 Å². The molecular weight excluding hydrogens is 559 g/mol. The van der Waals surface area contributed by atoms with E-state index in [0.717, 1.165) is 24.6 Å². The van der Waals surface area contributed by atoms with E-state index in [1.807, 2.05) is 0 Å². The van der Waals surface area contributed by atoms with Crippen molar-refractivity contribution in [2.24, 2.45) is 0 Å². The zero-order valence-electron chi connectivity index (χ0n) is 25.1. The largest absolute Gasteiger partial charge is 0.0859 e. The van der Waals surface area contributed by atoms with E-state index in [-0.39, 0.29) is 0 Å².